The summed E-state index contributed by atoms with van der Waals surface area (Å²) in [5.41, 5.74) is 0.397. The predicted molar refractivity (Wildman–Crippen MR) is 143 cm³/mol. The second-order valence-corrected chi connectivity index (χ2v) is 10.1. The number of aromatic nitrogens is 2. The quantitative estimate of drug-likeness (QED) is 0.300. The molecule has 2 aromatic rings. The molecule has 0 saturated heterocycles. The van der Waals surface area contributed by atoms with Crippen LogP contribution in [0.15, 0.2) is 12.1 Å². The van der Waals surface area contributed by atoms with Crippen molar-refractivity contribution in [3.05, 3.63) is 29.5 Å². The van der Waals surface area contributed by atoms with Gasteiger partial charge < -0.3 is 20.1 Å². The molecule has 38 heavy (non-hydrogen) atoms. The smallest absolute Gasteiger partial charge is 0.272 e. The molecule has 0 spiro atoms. The van der Waals surface area contributed by atoms with Crippen molar-refractivity contribution in [2.45, 2.75) is 79.3 Å². The van der Waals surface area contributed by atoms with Crippen molar-refractivity contribution in [3.63, 3.8) is 0 Å². The first-order chi connectivity index (χ1) is 18.1. The molecule has 2 atom stereocenters. The average Bonchev–Trinajstić information content (AvgIpc) is 3.26. The van der Waals surface area contributed by atoms with Gasteiger partial charge in [0, 0.05) is 31.6 Å². The number of rotatable bonds is 15. The minimum Gasteiger partial charge on any atom is -0.493 e. The Balaban J connectivity index is 2.48. The summed E-state index contributed by atoms with van der Waals surface area (Å²) in [4.78, 5) is 25.8. The molecular weight excluding hydrogens is 494 g/mol. The van der Waals surface area contributed by atoms with Crippen LogP contribution in [-0.2, 0) is 11.3 Å². The first kappa shape index (κ1) is 31.1. The summed E-state index contributed by atoms with van der Waals surface area (Å²) in [5.74, 6) is -2.40. The van der Waals surface area contributed by atoms with Crippen molar-refractivity contribution >= 4 is 11.8 Å². The minimum atomic E-state index is -0.894. The number of unbranched alkanes of at least 4 members (excludes halogenated alkanes) is 1. The van der Waals surface area contributed by atoms with Crippen LogP contribution in [0.3, 0.4) is 0 Å². The molecule has 212 valence electrons. The van der Waals surface area contributed by atoms with E-state index < -0.39 is 23.6 Å². The van der Waals surface area contributed by atoms with E-state index in [0.29, 0.717) is 31.3 Å². The number of methoxy groups -OCH3 is 2. The number of hydrogen-bond acceptors (Lipinski definition) is 5. The number of benzene rings is 1. The van der Waals surface area contributed by atoms with Crippen molar-refractivity contribution in [1.82, 2.24) is 20.4 Å². The van der Waals surface area contributed by atoms with Crippen LogP contribution in [0, 0.1) is 23.5 Å². The van der Waals surface area contributed by atoms with Crippen molar-refractivity contribution in [2.24, 2.45) is 11.8 Å². The fraction of sp³-hybridized carbons (Fsp3) is 0.607. The van der Waals surface area contributed by atoms with E-state index in [1.54, 1.807) is 4.68 Å². The normalized spacial score (nSPS) is 12.8. The summed E-state index contributed by atoms with van der Waals surface area (Å²) in [6.45, 7) is 11.1. The lowest BCUT2D eigenvalue weighted by atomic mass is 10.0. The van der Waals surface area contributed by atoms with Crippen molar-refractivity contribution in [3.8, 4) is 22.8 Å². The third-order valence-electron chi connectivity index (χ3n) is 6.38. The zero-order valence-electron chi connectivity index (χ0n) is 23.6. The van der Waals surface area contributed by atoms with Gasteiger partial charge in [0.05, 0.1) is 25.5 Å². The topological polar surface area (TPSA) is 94.5 Å². The highest BCUT2D eigenvalue weighted by atomic mass is 19.1. The summed E-state index contributed by atoms with van der Waals surface area (Å²) in [6, 6.07) is 1.78. The van der Waals surface area contributed by atoms with Gasteiger partial charge in [-0.05, 0) is 30.7 Å². The molecule has 2 rings (SSSR count). The lowest BCUT2D eigenvalue weighted by molar-refractivity contribution is -0.121. The molecule has 0 radical (unpaired) electrons. The third-order valence-corrected chi connectivity index (χ3v) is 6.38. The second kappa shape index (κ2) is 14.7. The number of nitrogens with one attached hydrogen (secondary N) is 2. The Morgan fingerprint density at radius 2 is 1.68 bits per heavy atom. The predicted octanol–water partition coefficient (Wildman–Crippen LogP) is 5.34. The molecule has 8 nitrogen and oxygen atoms in total. The maximum Gasteiger partial charge on any atom is 0.272 e. The first-order valence-corrected chi connectivity index (χ1v) is 13.3. The van der Waals surface area contributed by atoms with Crippen LogP contribution in [0.25, 0.3) is 11.3 Å². The van der Waals surface area contributed by atoms with Crippen LogP contribution in [0.1, 0.15) is 77.2 Å². The van der Waals surface area contributed by atoms with E-state index in [0.717, 1.165) is 19.3 Å². The molecule has 0 aliphatic carbocycles. The second-order valence-electron chi connectivity index (χ2n) is 10.1. The highest BCUT2D eigenvalue weighted by Gasteiger charge is 2.28. The molecule has 0 aliphatic rings. The third kappa shape index (κ3) is 8.16. The maximum absolute atomic E-state index is 14.7. The van der Waals surface area contributed by atoms with Crippen LogP contribution >= 0.6 is 0 Å². The standard InChI is InChI=1S/C28H42F2N4O4/c1-8-10-11-31-24(35)13-19(12-17(3)4)32-28(36)22-15-23(34(33-22)16-18(5)9-2)25-26(37-6)20(29)14-21(30)27(25)38-7/h14-15,17-19H,8-13,16H2,1-7H3,(H,31,35)(H,32,36)/t18?,19-/m0/s1. The van der Waals surface area contributed by atoms with Gasteiger partial charge in [-0.3, -0.25) is 14.3 Å². The van der Waals surface area contributed by atoms with Crippen LogP contribution < -0.4 is 20.1 Å². The van der Waals surface area contributed by atoms with E-state index >= 15 is 0 Å². The molecule has 1 unspecified atom stereocenters. The fourth-order valence-corrected chi connectivity index (χ4v) is 4.23. The van der Waals surface area contributed by atoms with Gasteiger partial charge in [-0.2, -0.15) is 5.10 Å². The van der Waals surface area contributed by atoms with Crippen LogP contribution in [0.4, 0.5) is 8.78 Å². The lowest BCUT2D eigenvalue weighted by Gasteiger charge is -2.20. The zero-order chi connectivity index (χ0) is 28.4. The Hall–Kier alpha value is -3.17. The number of carbonyl (C=O) groups is 2. The number of amides is 2. The zero-order valence-corrected chi connectivity index (χ0v) is 23.6. The number of nitrogens with zero attached hydrogens (tertiary/aromatic N) is 2. The molecule has 2 N–H and O–H groups in total. The van der Waals surface area contributed by atoms with Crippen LogP contribution in [0.5, 0.6) is 11.5 Å². The summed E-state index contributed by atoms with van der Waals surface area (Å²) in [6.07, 6.45) is 3.43. The highest BCUT2D eigenvalue weighted by Crippen LogP contribution is 2.42. The van der Waals surface area contributed by atoms with Gasteiger partial charge in [-0.15, -0.1) is 0 Å². The molecule has 1 aromatic heterocycles. The lowest BCUT2D eigenvalue weighted by Crippen LogP contribution is -2.40. The van der Waals surface area contributed by atoms with E-state index in [1.165, 1.54) is 20.3 Å². The van der Waals surface area contributed by atoms with Crippen LogP contribution in [0.2, 0.25) is 0 Å². The van der Waals surface area contributed by atoms with Gasteiger partial charge in [0.25, 0.3) is 5.91 Å². The summed E-state index contributed by atoms with van der Waals surface area (Å²) >= 11 is 0. The molecule has 0 saturated carbocycles. The molecule has 0 bridgehead atoms. The molecular formula is C28H42F2N4O4. The number of carbonyl (C=O) groups excluding carboxylic acids is 2. The summed E-state index contributed by atoms with van der Waals surface area (Å²) < 4.78 is 41.5. The van der Waals surface area contributed by atoms with E-state index in [-0.39, 0.29) is 46.9 Å². The number of ether oxygens (including phenoxy) is 2. The van der Waals surface area contributed by atoms with Gasteiger partial charge in [0.1, 0.15) is 0 Å². The van der Waals surface area contributed by atoms with Gasteiger partial charge in [-0.1, -0.05) is 47.5 Å². The Labute approximate surface area is 224 Å². The maximum atomic E-state index is 14.7. The summed E-state index contributed by atoms with van der Waals surface area (Å²) in [7, 11) is 2.56. The Morgan fingerprint density at radius 1 is 1.05 bits per heavy atom. The summed E-state index contributed by atoms with van der Waals surface area (Å²) in [5, 5.41) is 10.3. The van der Waals surface area contributed by atoms with Crippen molar-refractivity contribution in [2.75, 3.05) is 20.8 Å². The monoisotopic (exact) mass is 536 g/mol. The van der Waals surface area contributed by atoms with E-state index in [4.69, 9.17) is 9.47 Å². The fourth-order valence-electron chi connectivity index (χ4n) is 4.23. The molecule has 10 heteroatoms. The van der Waals surface area contributed by atoms with E-state index in [2.05, 4.69) is 15.7 Å². The van der Waals surface area contributed by atoms with Gasteiger partial charge >= 0.3 is 0 Å². The van der Waals surface area contributed by atoms with Gasteiger partial charge in [-0.25, -0.2) is 8.78 Å². The van der Waals surface area contributed by atoms with Gasteiger partial charge in [0.15, 0.2) is 28.8 Å². The Kier molecular flexibility index (Phi) is 12.0. The largest absolute Gasteiger partial charge is 0.493 e. The van der Waals surface area contributed by atoms with Crippen molar-refractivity contribution < 1.29 is 27.8 Å². The molecule has 0 fully saturated rings. The van der Waals surface area contributed by atoms with E-state index in [9.17, 15) is 18.4 Å². The average molecular weight is 537 g/mol. The molecule has 1 heterocycles. The Bertz CT molecular complexity index is 1060. The minimum absolute atomic E-state index is 0.0383. The molecule has 1 aromatic carbocycles. The number of hydrogen-bond donors (Lipinski definition) is 2. The first-order valence-electron chi connectivity index (χ1n) is 13.3. The van der Waals surface area contributed by atoms with Crippen molar-refractivity contribution in [1.29, 1.82) is 0 Å². The highest BCUT2D eigenvalue weighted by molar-refractivity contribution is 5.94. The van der Waals surface area contributed by atoms with Gasteiger partial charge in [0.2, 0.25) is 5.91 Å². The molecule has 2 amide bonds. The number of halogens is 2. The van der Waals surface area contributed by atoms with E-state index in [1.807, 2.05) is 34.6 Å². The molecule has 0 aliphatic heterocycles. The van der Waals surface area contributed by atoms with Crippen LogP contribution in [-0.4, -0.2) is 48.4 Å². The SMILES string of the molecule is CCCCNC(=O)C[C@H](CC(C)C)NC(=O)c1cc(-c2c(OC)c(F)cc(F)c2OC)n(CC(C)CC)n1. The Morgan fingerprint density at radius 3 is 2.21 bits per heavy atom.